The van der Waals surface area contributed by atoms with Crippen molar-refractivity contribution < 1.29 is 8.78 Å². The van der Waals surface area contributed by atoms with E-state index in [-0.39, 0.29) is 0 Å². The number of rotatable bonds is 1. The summed E-state index contributed by atoms with van der Waals surface area (Å²) in [5.41, 5.74) is 0.816. The largest absolute Gasteiger partial charge is 0.256 e. The summed E-state index contributed by atoms with van der Waals surface area (Å²) in [6.07, 6.45) is 0. The number of hydrogen-bond acceptors (Lipinski definition) is 1. The lowest BCUT2D eigenvalue weighted by molar-refractivity contribution is 0.584. The van der Waals surface area contributed by atoms with Gasteiger partial charge in [0.1, 0.15) is 16.8 Å². The van der Waals surface area contributed by atoms with Crippen LogP contribution in [0.3, 0.4) is 0 Å². The van der Waals surface area contributed by atoms with E-state index >= 15 is 0 Å². The van der Waals surface area contributed by atoms with E-state index in [0.717, 1.165) is 6.07 Å². The van der Waals surface area contributed by atoms with Crippen LogP contribution in [-0.2, 0) is 7.05 Å². The number of benzene rings is 1. The van der Waals surface area contributed by atoms with Crippen LogP contribution in [0, 0.1) is 11.6 Å². The molecule has 2 nitrogen and oxygen atoms in total. The molecule has 1 aromatic heterocycles. The van der Waals surface area contributed by atoms with Gasteiger partial charge in [0.15, 0.2) is 0 Å². The number of halogens is 3. The first-order valence-electron chi connectivity index (χ1n) is 4.22. The highest BCUT2D eigenvalue weighted by molar-refractivity contribution is 6.29. The van der Waals surface area contributed by atoms with E-state index in [0.29, 0.717) is 16.4 Å². The Morgan fingerprint density at radius 3 is 2.20 bits per heavy atom. The van der Waals surface area contributed by atoms with Gasteiger partial charge in [-0.25, -0.2) is 8.78 Å². The Bertz CT molecular complexity index is 468. The van der Waals surface area contributed by atoms with Crippen molar-refractivity contribution >= 4 is 11.6 Å². The van der Waals surface area contributed by atoms with Crippen LogP contribution in [0.25, 0.3) is 11.3 Å². The van der Waals surface area contributed by atoms with E-state index < -0.39 is 11.6 Å². The summed E-state index contributed by atoms with van der Waals surface area (Å²) in [4.78, 5) is 0. The van der Waals surface area contributed by atoms with Gasteiger partial charge in [-0.3, -0.25) is 4.68 Å². The predicted octanol–water partition coefficient (Wildman–Crippen LogP) is 3.02. The van der Waals surface area contributed by atoms with Gasteiger partial charge in [0, 0.05) is 24.7 Å². The lowest BCUT2D eigenvalue weighted by Crippen LogP contribution is -1.90. The average molecular weight is 229 g/mol. The van der Waals surface area contributed by atoms with Crippen molar-refractivity contribution in [2.75, 3.05) is 0 Å². The second kappa shape index (κ2) is 3.62. The van der Waals surface area contributed by atoms with Crippen LogP contribution in [0.1, 0.15) is 0 Å². The number of aryl methyl sites for hydroxylation is 1. The molecule has 78 valence electrons. The van der Waals surface area contributed by atoms with Gasteiger partial charge < -0.3 is 0 Å². The molecular formula is C10H7ClF2N2. The van der Waals surface area contributed by atoms with Crippen LogP contribution in [0.4, 0.5) is 8.78 Å². The van der Waals surface area contributed by atoms with Gasteiger partial charge in [0.05, 0.1) is 5.69 Å². The molecule has 2 rings (SSSR count). The van der Waals surface area contributed by atoms with Crippen molar-refractivity contribution in [3.63, 3.8) is 0 Å². The minimum absolute atomic E-state index is 0.370. The summed E-state index contributed by atoms with van der Waals surface area (Å²) in [6.45, 7) is 0. The Morgan fingerprint density at radius 1 is 1.13 bits per heavy atom. The molecule has 0 aliphatic heterocycles. The highest BCUT2D eigenvalue weighted by Crippen LogP contribution is 2.22. The Kier molecular flexibility index (Phi) is 2.44. The Morgan fingerprint density at radius 2 is 1.73 bits per heavy atom. The third-order valence-electron chi connectivity index (χ3n) is 1.98. The molecule has 0 aliphatic rings. The van der Waals surface area contributed by atoms with Crippen LogP contribution in [0.15, 0.2) is 24.3 Å². The van der Waals surface area contributed by atoms with Crippen molar-refractivity contribution in [1.29, 1.82) is 0 Å². The van der Waals surface area contributed by atoms with Gasteiger partial charge in [-0.2, -0.15) is 5.10 Å². The normalized spacial score (nSPS) is 10.7. The van der Waals surface area contributed by atoms with Crippen molar-refractivity contribution in [1.82, 2.24) is 9.78 Å². The summed E-state index contributed by atoms with van der Waals surface area (Å²) in [7, 11) is 1.65. The molecule has 0 radical (unpaired) electrons. The molecule has 1 aromatic carbocycles. The lowest BCUT2D eigenvalue weighted by Gasteiger charge is -1.97. The zero-order valence-electron chi connectivity index (χ0n) is 7.84. The topological polar surface area (TPSA) is 17.8 Å². The third kappa shape index (κ3) is 1.99. The first-order chi connectivity index (χ1) is 7.06. The highest BCUT2D eigenvalue weighted by atomic mass is 35.5. The summed E-state index contributed by atoms with van der Waals surface area (Å²) in [5.74, 6) is -1.27. The maximum Gasteiger partial charge on any atom is 0.127 e. The first-order valence-corrected chi connectivity index (χ1v) is 4.60. The summed E-state index contributed by atoms with van der Waals surface area (Å²) in [5, 5.41) is 4.43. The zero-order valence-corrected chi connectivity index (χ0v) is 8.59. The standard InChI is InChI=1S/C10H7ClF2N2/c1-15-10(11)5-9(14-15)6-2-7(12)4-8(13)3-6/h2-5H,1H3. The molecule has 5 heteroatoms. The second-order valence-corrected chi connectivity index (χ2v) is 3.52. The molecule has 0 fully saturated rings. The molecule has 0 aliphatic carbocycles. The summed E-state index contributed by atoms with van der Waals surface area (Å²) >= 11 is 5.77. The second-order valence-electron chi connectivity index (χ2n) is 3.13. The average Bonchev–Trinajstić information content (AvgIpc) is 2.45. The van der Waals surface area contributed by atoms with Gasteiger partial charge in [0.25, 0.3) is 0 Å². The van der Waals surface area contributed by atoms with E-state index in [9.17, 15) is 8.78 Å². The van der Waals surface area contributed by atoms with Crippen molar-refractivity contribution in [3.05, 3.63) is 41.1 Å². The van der Waals surface area contributed by atoms with Gasteiger partial charge in [-0.15, -0.1) is 0 Å². The molecule has 0 atom stereocenters. The van der Waals surface area contributed by atoms with E-state index in [4.69, 9.17) is 11.6 Å². The SMILES string of the molecule is Cn1nc(-c2cc(F)cc(F)c2)cc1Cl. The molecule has 0 bridgehead atoms. The predicted molar refractivity (Wildman–Crippen MR) is 53.6 cm³/mol. The smallest absolute Gasteiger partial charge is 0.127 e. The molecular weight excluding hydrogens is 222 g/mol. The molecule has 2 aromatic rings. The van der Waals surface area contributed by atoms with E-state index in [1.54, 1.807) is 13.1 Å². The van der Waals surface area contributed by atoms with Gasteiger partial charge in [-0.05, 0) is 12.1 Å². The van der Waals surface area contributed by atoms with Gasteiger partial charge in [0.2, 0.25) is 0 Å². The quantitative estimate of drug-likeness (QED) is 0.734. The fraction of sp³-hybridized carbons (Fsp3) is 0.100. The Hall–Kier alpha value is -1.42. The maximum atomic E-state index is 12.9. The minimum Gasteiger partial charge on any atom is -0.256 e. The molecule has 0 unspecified atom stereocenters. The van der Waals surface area contributed by atoms with E-state index in [1.165, 1.54) is 16.8 Å². The van der Waals surface area contributed by atoms with Crippen LogP contribution < -0.4 is 0 Å². The number of nitrogens with zero attached hydrogens (tertiary/aromatic N) is 2. The molecule has 15 heavy (non-hydrogen) atoms. The van der Waals surface area contributed by atoms with Gasteiger partial charge in [-0.1, -0.05) is 11.6 Å². The van der Waals surface area contributed by atoms with Crippen LogP contribution in [0.5, 0.6) is 0 Å². The molecule has 0 saturated carbocycles. The molecule has 0 spiro atoms. The number of aromatic nitrogens is 2. The van der Waals surface area contributed by atoms with Gasteiger partial charge >= 0.3 is 0 Å². The highest BCUT2D eigenvalue weighted by Gasteiger charge is 2.08. The van der Waals surface area contributed by atoms with Crippen molar-refractivity contribution in [2.24, 2.45) is 7.05 Å². The zero-order chi connectivity index (χ0) is 11.0. The van der Waals surface area contributed by atoms with Crippen LogP contribution in [0.2, 0.25) is 5.15 Å². The fourth-order valence-electron chi connectivity index (χ4n) is 1.29. The maximum absolute atomic E-state index is 12.9. The van der Waals surface area contributed by atoms with Crippen molar-refractivity contribution in [2.45, 2.75) is 0 Å². The van der Waals surface area contributed by atoms with Crippen LogP contribution >= 0.6 is 11.6 Å². The Labute approximate surface area is 90.1 Å². The molecule has 0 amide bonds. The first kappa shape index (κ1) is 10.1. The molecule has 0 saturated heterocycles. The van der Waals surface area contributed by atoms with Crippen molar-refractivity contribution in [3.8, 4) is 11.3 Å². The molecule has 0 N–H and O–H groups in total. The fourth-order valence-corrected chi connectivity index (χ4v) is 1.43. The summed E-state index contributed by atoms with van der Waals surface area (Å²) < 4.78 is 27.3. The minimum atomic E-state index is -0.633. The monoisotopic (exact) mass is 228 g/mol. The summed E-state index contributed by atoms with van der Waals surface area (Å²) in [6, 6.07) is 4.79. The van der Waals surface area contributed by atoms with E-state index in [1.807, 2.05) is 0 Å². The Balaban J connectivity index is 2.53. The molecule has 1 heterocycles. The third-order valence-corrected chi connectivity index (χ3v) is 2.33. The lowest BCUT2D eigenvalue weighted by atomic mass is 10.1. The van der Waals surface area contributed by atoms with E-state index in [2.05, 4.69) is 5.10 Å². The number of hydrogen-bond donors (Lipinski definition) is 0. The van der Waals surface area contributed by atoms with Crippen LogP contribution in [-0.4, -0.2) is 9.78 Å².